The molecule has 1 aliphatic rings. The third kappa shape index (κ3) is 3.21. The zero-order valence-electron chi connectivity index (χ0n) is 13.3. The molecular formula is C18H23N3O. The van der Waals surface area contributed by atoms with Gasteiger partial charge in [-0.1, -0.05) is 38.1 Å². The summed E-state index contributed by atoms with van der Waals surface area (Å²) in [6.07, 6.45) is 5.20. The summed E-state index contributed by atoms with van der Waals surface area (Å²) in [5.41, 5.74) is 2.97. The molecular weight excluding hydrogens is 274 g/mol. The van der Waals surface area contributed by atoms with Gasteiger partial charge in [-0.3, -0.25) is 4.79 Å². The van der Waals surface area contributed by atoms with Crippen LogP contribution in [0.1, 0.15) is 60.0 Å². The lowest BCUT2D eigenvalue weighted by atomic mass is 10.0. The Morgan fingerprint density at radius 2 is 2.05 bits per heavy atom. The van der Waals surface area contributed by atoms with Crippen molar-refractivity contribution in [1.29, 1.82) is 0 Å². The Bertz CT molecular complexity index is 632. The zero-order valence-corrected chi connectivity index (χ0v) is 13.3. The molecule has 116 valence electrons. The number of amides is 1. The number of carbonyl (C=O) groups excluding carboxylic acids is 1. The van der Waals surface area contributed by atoms with Gasteiger partial charge in [0, 0.05) is 25.7 Å². The summed E-state index contributed by atoms with van der Waals surface area (Å²) in [4.78, 5) is 16.7. The minimum absolute atomic E-state index is 0.0881. The van der Waals surface area contributed by atoms with Crippen LogP contribution < -0.4 is 5.32 Å². The molecule has 2 aromatic rings. The molecule has 0 spiro atoms. The molecule has 0 atom stereocenters. The number of rotatable bonds is 4. The van der Waals surface area contributed by atoms with Crippen LogP contribution >= 0.6 is 0 Å². The average molecular weight is 297 g/mol. The third-order valence-corrected chi connectivity index (χ3v) is 4.24. The number of carbonyl (C=O) groups is 1. The van der Waals surface area contributed by atoms with Gasteiger partial charge in [0.1, 0.15) is 11.5 Å². The molecule has 0 unspecified atom stereocenters. The highest BCUT2D eigenvalue weighted by Crippen LogP contribution is 2.16. The van der Waals surface area contributed by atoms with Crippen molar-refractivity contribution in [2.45, 2.75) is 52.1 Å². The van der Waals surface area contributed by atoms with E-state index in [4.69, 9.17) is 0 Å². The molecule has 0 aliphatic carbocycles. The van der Waals surface area contributed by atoms with Crippen molar-refractivity contribution in [3.8, 4) is 0 Å². The summed E-state index contributed by atoms with van der Waals surface area (Å²) >= 11 is 0. The van der Waals surface area contributed by atoms with Gasteiger partial charge in [-0.25, -0.2) is 4.98 Å². The fourth-order valence-corrected chi connectivity index (χ4v) is 2.82. The highest BCUT2D eigenvalue weighted by molar-refractivity contribution is 5.92. The first-order chi connectivity index (χ1) is 10.6. The van der Waals surface area contributed by atoms with E-state index >= 15 is 0 Å². The first-order valence-corrected chi connectivity index (χ1v) is 8.06. The molecule has 1 aromatic heterocycles. The first kappa shape index (κ1) is 14.8. The van der Waals surface area contributed by atoms with E-state index in [-0.39, 0.29) is 5.91 Å². The first-order valence-electron chi connectivity index (χ1n) is 8.06. The maximum Gasteiger partial charge on any atom is 0.271 e. The van der Waals surface area contributed by atoms with Crippen LogP contribution in [0.25, 0.3) is 0 Å². The maximum atomic E-state index is 12.2. The van der Waals surface area contributed by atoms with Gasteiger partial charge in [-0.15, -0.1) is 0 Å². The topological polar surface area (TPSA) is 46.9 Å². The van der Waals surface area contributed by atoms with Crippen molar-refractivity contribution in [2.24, 2.45) is 0 Å². The molecule has 0 saturated heterocycles. The average Bonchev–Trinajstić information content (AvgIpc) is 2.97. The predicted molar refractivity (Wildman–Crippen MR) is 86.9 cm³/mol. The van der Waals surface area contributed by atoms with Crippen LogP contribution in [0, 0.1) is 0 Å². The molecule has 1 aromatic carbocycles. The molecule has 22 heavy (non-hydrogen) atoms. The highest BCUT2D eigenvalue weighted by atomic mass is 16.1. The largest absolute Gasteiger partial charge is 0.347 e. The van der Waals surface area contributed by atoms with Gasteiger partial charge in [0.15, 0.2) is 0 Å². The summed E-state index contributed by atoms with van der Waals surface area (Å²) < 4.78 is 2.11. The predicted octanol–water partition coefficient (Wildman–Crippen LogP) is 3.27. The SMILES string of the molecule is CC(C)c1ccc(CNC(=O)c2cn3c(n2)CCCC3)cc1. The van der Waals surface area contributed by atoms with Crippen LogP contribution in [-0.4, -0.2) is 15.5 Å². The maximum absolute atomic E-state index is 12.2. The second-order valence-electron chi connectivity index (χ2n) is 6.27. The summed E-state index contributed by atoms with van der Waals surface area (Å²) in [6.45, 7) is 5.88. The van der Waals surface area contributed by atoms with E-state index in [1.54, 1.807) is 0 Å². The smallest absolute Gasteiger partial charge is 0.271 e. The van der Waals surface area contributed by atoms with Crippen molar-refractivity contribution >= 4 is 5.91 Å². The lowest BCUT2D eigenvalue weighted by molar-refractivity contribution is 0.0946. The molecule has 0 saturated carbocycles. The molecule has 1 amide bonds. The number of aryl methyl sites for hydroxylation is 2. The normalized spacial score (nSPS) is 14.0. The Kier molecular flexibility index (Phi) is 4.27. The summed E-state index contributed by atoms with van der Waals surface area (Å²) in [5, 5.41) is 2.96. The third-order valence-electron chi connectivity index (χ3n) is 4.24. The molecule has 0 radical (unpaired) electrons. The van der Waals surface area contributed by atoms with E-state index < -0.39 is 0 Å². The lowest BCUT2D eigenvalue weighted by Gasteiger charge is -2.11. The summed E-state index contributed by atoms with van der Waals surface area (Å²) in [7, 11) is 0. The molecule has 2 heterocycles. The number of fused-ring (bicyclic) bond motifs is 1. The second kappa shape index (κ2) is 6.34. The molecule has 1 aliphatic heterocycles. The summed E-state index contributed by atoms with van der Waals surface area (Å²) in [5.74, 6) is 1.48. The van der Waals surface area contributed by atoms with Gasteiger partial charge in [0.05, 0.1) is 0 Å². The van der Waals surface area contributed by atoms with Crippen LogP contribution in [0.5, 0.6) is 0 Å². The van der Waals surface area contributed by atoms with Crippen molar-refractivity contribution in [1.82, 2.24) is 14.9 Å². The Balaban J connectivity index is 1.61. The standard InChI is InChI=1S/C18H23N3O/c1-13(2)15-8-6-14(7-9-15)11-19-18(22)16-12-21-10-4-3-5-17(21)20-16/h6-9,12-13H,3-5,10-11H2,1-2H3,(H,19,22). The van der Waals surface area contributed by atoms with Gasteiger partial charge >= 0.3 is 0 Å². The molecule has 4 nitrogen and oxygen atoms in total. The number of benzene rings is 1. The fourth-order valence-electron chi connectivity index (χ4n) is 2.82. The zero-order chi connectivity index (χ0) is 15.5. The van der Waals surface area contributed by atoms with Crippen LogP contribution in [0.15, 0.2) is 30.5 Å². The van der Waals surface area contributed by atoms with Gasteiger partial charge in [-0.05, 0) is 29.9 Å². The van der Waals surface area contributed by atoms with Crippen LogP contribution in [-0.2, 0) is 19.5 Å². The number of nitrogens with one attached hydrogen (secondary N) is 1. The van der Waals surface area contributed by atoms with Crippen LogP contribution in [0.2, 0.25) is 0 Å². The minimum atomic E-state index is -0.0881. The van der Waals surface area contributed by atoms with Crippen LogP contribution in [0.3, 0.4) is 0 Å². The van der Waals surface area contributed by atoms with Crippen molar-refractivity contribution in [3.05, 3.63) is 53.1 Å². The monoisotopic (exact) mass is 297 g/mol. The van der Waals surface area contributed by atoms with Crippen molar-refractivity contribution < 1.29 is 4.79 Å². The quantitative estimate of drug-likeness (QED) is 0.941. The van der Waals surface area contributed by atoms with Crippen LogP contribution in [0.4, 0.5) is 0 Å². The van der Waals surface area contributed by atoms with Crippen molar-refractivity contribution in [2.75, 3.05) is 0 Å². The van der Waals surface area contributed by atoms with E-state index in [0.717, 1.165) is 24.4 Å². The van der Waals surface area contributed by atoms with Gasteiger partial charge in [0.25, 0.3) is 5.91 Å². The Morgan fingerprint density at radius 3 is 2.73 bits per heavy atom. The van der Waals surface area contributed by atoms with E-state index in [0.29, 0.717) is 18.2 Å². The number of imidazole rings is 1. The minimum Gasteiger partial charge on any atom is -0.347 e. The van der Waals surface area contributed by atoms with E-state index in [1.807, 2.05) is 6.20 Å². The molecule has 0 fully saturated rings. The second-order valence-corrected chi connectivity index (χ2v) is 6.27. The van der Waals surface area contributed by atoms with Gasteiger partial charge in [-0.2, -0.15) is 0 Å². The van der Waals surface area contributed by atoms with Gasteiger partial charge < -0.3 is 9.88 Å². The highest BCUT2D eigenvalue weighted by Gasteiger charge is 2.16. The number of nitrogens with zero attached hydrogens (tertiary/aromatic N) is 2. The van der Waals surface area contributed by atoms with E-state index in [2.05, 4.69) is 53.0 Å². The Hall–Kier alpha value is -2.10. The van der Waals surface area contributed by atoms with E-state index in [1.165, 1.54) is 18.4 Å². The molecule has 0 bridgehead atoms. The number of aromatic nitrogens is 2. The Labute approximate surface area is 131 Å². The summed E-state index contributed by atoms with van der Waals surface area (Å²) in [6, 6.07) is 8.41. The Morgan fingerprint density at radius 1 is 1.27 bits per heavy atom. The lowest BCUT2D eigenvalue weighted by Crippen LogP contribution is -2.23. The molecule has 4 heteroatoms. The number of hydrogen-bond acceptors (Lipinski definition) is 2. The van der Waals surface area contributed by atoms with Gasteiger partial charge in [0.2, 0.25) is 0 Å². The van der Waals surface area contributed by atoms with E-state index in [9.17, 15) is 4.79 Å². The molecule has 3 rings (SSSR count). The fraction of sp³-hybridized carbons (Fsp3) is 0.444. The van der Waals surface area contributed by atoms with Crippen molar-refractivity contribution in [3.63, 3.8) is 0 Å². The molecule has 1 N–H and O–H groups in total. The number of hydrogen-bond donors (Lipinski definition) is 1.